The van der Waals surface area contributed by atoms with Gasteiger partial charge in [0.25, 0.3) is 0 Å². The lowest BCUT2D eigenvalue weighted by Gasteiger charge is -1.96. The molecule has 0 radical (unpaired) electrons. The summed E-state index contributed by atoms with van der Waals surface area (Å²) in [6.45, 7) is 1.35. The van der Waals surface area contributed by atoms with Gasteiger partial charge < -0.3 is 4.18 Å². The van der Waals surface area contributed by atoms with E-state index in [9.17, 15) is 4.79 Å². The summed E-state index contributed by atoms with van der Waals surface area (Å²) in [5.74, 6) is 0.259. The Bertz CT molecular complexity index is 485. The summed E-state index contributed by atoms with van der Waals surface area (Å²) in [4.78, 5) is 11.3. The molecule has 0 atom stereocenters. The Balaban J connectivity index is 2.11. The molecule has 0 saturated heterocycles. The van der Waals surface area contributed by atoms with Crippen molar-refractivity contribution in [1.82, 2.24) is 20.0 Å². The second-order valence-corrected chi connectivity index (χ2v) is 3.67. The van der Waals surface area contributed by atoms with Gasteiger partial charge in [-0.1, -0.05) is 0 Å². The van der Waals surface area contributed by atoms with Gasteiger partial charge in [0.15, 0.2) is 5.82 Å². The van der Waals surface area contributed by atoms with Crippen molar-refractivity contribution in [2.45, 2.75) is 11.8 Å². The van der Waals surface area contributed by atoms with Crippen molar-refractivity contribution in [1.29, 1.82) is 0 Å². The van der Waals surface area contributed by atoms with Crippen LogP contribution in [-0.2, 0) is 8.98 Å². The van der Waals surface area contributed by atoms with Crippen molar-refractivity contribution in [3.05, 3.63) is 30.7 Å². The molecule has 6 nitrogen and oxygen atoms in total. The highest BCUT2D eigenvalue weighted by atomic mass is 32.2. The van der Waals surface area contributed by atoms with Crippen LogP contribution in [0.1, 0.15) is 6.92 Å². The van der Waals surface area contributed by atoms with Crippen molar-refractivity contribution in [2.24, 2.45) is 0 Å². The number of rotatable bonds is 3. The highest BCUT2D eigenvalue weighted by Gasteiger charge is 2.04. The summed E-state index contributed by atoms with van der Waals surface area (Å²) >= 11 is 0.963. The van der Waals surface area contributed by atoms with Crippen LogP contribution in [-0.4, -0.2) is 25.9 Å². The minimum atomic E-state index is -0.350. The molecule has 0 bridgehead atoms. The molecule has 0 aromatic carbocycles. The van der Waals surface area contributed by atoms with Gasteiger partial charge in [0.1, 0.15) is 0 Å². The number of nitrogens with zero attached hydrogens (tertiary/aromatic N) is 4. The third-order valence-electron chi connectivity index (χ3n) is 1.61. The van der Waals surface area contributed by atoms with E-state index < -0.39 is 0 Å². The van der Waals surface area contributed by atoms with Crippen LogP contribution in [0.25, 0.3) is 5.82 Å². The van der Waals surface area contributed by atoms with Gasteiger partial charge in [-0.05, 0) is 12.1 Å². The van der Waals surface area contributed by atoms with Crippen LogP contribution in [0.15, 0.2) is 35.6 Å². The first-order chi connectivity index (χ1) is 7.75. The molecule has 0 aliphatic heterocycles. The second kappa shape index (κ2) is 4.75. The molecule has 0 amide bonds. The van der Waals surface area contributed by atoms with E-state index in [1.807, 2.05) is 0 Å². The summed E-state index contributed by atoms with van der Waals surface area (Å²) in [5, 5.41) is 11.7. The quantitative estimate of drug-likeness (QED) is 0.746. The molecule has 0 aliphatic carbocycles. The zero-order valence-electron chi connectivity index (χ0n) is 8.40. The van der Waals surface area contributed by atoms with Crippen molar-refractivity contribution in [3.63, 3.8) is 0 Å². The van der Waals surface area contributed by atoms with E-state index in [1.54, 1.807) is 35.4 Å². The molecular formula is C9H8N4O2S. The lowest BCUT2D eigenvalue weighted by atomic mass is 10.5. The lowest BCUT2D eigenvalue weighted by molar-refractivity contribution is -0.130. The number of carbonyl (C=O) groups is 1. The van der Waals surface area contributed by atoms with Crippen LogP contribution < -0.4 is 0 Å². The smallest absolute Gasteiger partial charge is 0.315 e. The van der Waals surface area contributed by atoms with Gasteiger partial charge in [0.2, 0.25) is 0 Å². The SMILES string of the molecule is CC(=O)OSc1cnn(-c2cccnn2)c1. The molecule has 0 spiro atoms. The first-order valence-electron chi connectivity index (χ1n) is 4.43. The van der Waals surface area contributed by atoms with E-state index in [-0.39, 0.29) is 5.97 Å². The molecule has 0 saturated carbocycles. The fraction of sp³-hybridized carbons (Fsp3) is 0.111. The monoisotopic (exact) mass is 236 g/mol. The maximum absolute atomic E-state index is 10.6. The standard InChI is InChI=1S/C9H8N4O2S/c1-7(14)15-16-8-5-11-13(6-8)9-3-2-4-10-12-9/h2-6H,1H3. The van der Waals surface area contributed by atoms with Crippen LogP contribution in [0, 0.1) is 0 Å². The molecule has 2 aromatic heterocycles. The number of carbonyl (C=O) groups excluding carboxylic acids is 1. The minimum Gasteiger partial charge on any atom is -0.386 e. The van der Waals surface area contributed by atoms with E-state index in [1.165, 1.54) is 6.92 Å². The van der Waals surface area contributed by atoms with Crippen LogP contribution in [0.2, 0.25) is 0 Å². The normalized spacial score (nSPS) is 10.1. The third-order valence-corrected chi connectivity index (χ3v) is 2.33. The van der Waals surface area contributed by atoms with Gasteiger partial charge in [-0.25, -0.2) is 4.68 Å². The maximum Gasteiger partial charge on any atom is 0.315 e. The summed E-state index contributed by atoms with van der Waals surface area (Å²) in [6.07, 6.45) is 4.88. The van der Waals surface area contributed by atoms with E-state index in [2.05, 4.69) is 15.3 Å². The topological polar surface area (TPSA) is 69.9 Å². The zero-order valence-corrected chi connectivity index (χ0v) is 9.22. The highest BCUT2D eigenvalue weighted by molar-refractivity contribution is 7.95. The largest absolute Gasteiger partial charge is 0.386 e. The first-order valence-corrected chi connectivity index (χ1v) is 5.18. The lowest BCUT2D eigenvalue weighted by Crippen LogP contribution is -1.97. The second-order valence-electron chi connectivity index (χ2n) is 2.86. The maximum atomic E-state index is 10.6. The Morgan fingerprint density at radius 1 is 1.56 bits per heavy atom. The Kier molecular flexibility index (Phi) is 3.16. The molecule has 82 valence electrons. The van der Waals surface area contributed by atoms with Gasteiger partial charge >= 0.3 is 5.97 Å². The molecule has 2 aromatic rings. The van der Waals surface area contributed by atoms with E-state index in [0.29, 0.717) is 5.82 Å². The molecule has 2 rings (SSSR count). The fourth-order valence-corrected chi connectivity index (χ4v) is 1.44. The van der Waals surface area contributed by atoms with Crippen LogP contribution >= 0.6 is 12.0 Å². The summed E-state index contributed by atoms with van der Waals surface area (Å²) in [7, 11) is 0. The van der Waals surface area contributed by atoms with E-state index in [0.717, 1.165) is 16.9 Å². The predicted molar refractivity (Wildman–Crippen MR) is 56.8 cm³/mol. The van der Waals surface area contributed by atoms with Gasteiger partial charge in [0.05, 0.1) is 23.1 Å². The number of aromatic nitrogens is 4. The van der Waals surface area contributed by atoms with Gasteiger partial charge in [-0.3, -0.25) is 4.79 Å². The summed E-state index contributed by atoms with van der Waals surface area (Å²) in [5.41, 5.74) is 0. The van der Waals surface area contributed by atoms with Gasteiger partial charge in [-0.15, -0.1) is 5.10 Å². The van der Waals surface area contributed by atoms with Crippen molar-refractivity contribution in [2.75, 3.05) is 0 Å². The number of hydrogen-bond donors (Lipinski definition) is 0. The Morgan fingerprint density at radius 3 is 3.12 bits per heavy atom. The van der Waals surface area contributed by atoms with Crippen molar-refractivity contribution in [3.8, 4) is 5.82 Å². The molecular weight excluding hydrogens is 228 g/mol. The first kappa shape index (κ1) is 10.6. The van der Waals surface area contributed by atoms with Gasteiger partial charge in [-0.2, -0.15) is 10.2 Å². The predicted octanol–water partition coefficient (Wildman–Crippen LogP) is 1.23. The fourth-order valence-electron chi connectivity index (χ4n) is 0.997. The Labute approximate surface area is 95.8 Å². The molecule has 0 unspecified atom stereocenters. The molecule has 0 N–H and O–H groups in total. The van der Waals surface area contributed by atoms with Crippen molar-refractivity contribution >= 4 is 18.0 Å². The van der Waals surface area contributed by atoms with Gasteiger partial charge in [0, 0.05) is 19.3 Å². The highest BCUT2D eigenvalue weighted by Crippen LogP contribution is 2.18. The molecule has 0 aliphatic rings. The van der Waals surface area contributed by atoms with Crippen molar-refractivity contribution < 1.29 is 8.98 Å². The van der Waals surface area contributed by atoms with E-state index in [4.69, 9.17) is 4.18 Å². The average Bonchev–Trinajstić information content (AvgIpc) is 2.76. The summed E-state index contributed by atoms with van der Waals surface area (Å²) < 4.78 is 6.32. The molecule has 0 fully saturated rings. The number of hydrogen-bond acceptors (Lipinski definition) is 6. The minimum absolute atomic E-state index is 0.350. The van der Waals surface area contributed by atoms with Crippen LogP contribution in [0.3, 0.4) is 0 Å². The van der Waals surface area contributed by atoms with E-state index >= 15 is 0 Å². The van der Waals surface area contributed by atoms with Crippen LogP contribution in [0.4, 0.5) is 0 Å². The third kappa shape index (κ3) is 2.57. The van der Waals surface area contributed by atoms with Crippen LogP contribution in [0.5, 0.6) is 0 Å². The summed E-state index contributed by atoms with van der Waals surface area (Å²) in [6, 6.07) is 3.54. The zero-order chi connectivity index (χ0) is 11.4. The Morgan fingerprint density at radius 2 is 2.44 bits per heavy atom. The molecule has 2 heterocycles. The average molecular weight is 236 g/mol. The Hall–Kier alpha value is -1.89. The molecule has 7 heteroatoms. The molecule has 16 heavy (non-hydrogen) atoms.